The summed E-state index contributed by atoms with van der Waals surface area (Å²) in [5.74, 6) is 0. The molecule has 0 aliphatic rings. The topological polar surface area (TPSA) is 23.5 Å². The number of aliphatic hydroxyl groups excluding tert-OH is 1. The minimum absolute atomic E-state index is 0.00773. The zero-order valence-electron chi connectivity index (χ0n) is 8.66. The molecule has 0 heterocycles. The molecule has 0 radical (unpaired) electrons. The van der Waals surface area contributed by atoms with Crippen molar-refractivity contribution in [2.45, 2.75) is 33.2 Å². The summed E-state index contributed by atoms with van der Waals surface area (Å²) in [5, 5.41) is 9.26. The first-order valence-electron chi connectivity index (χ1n) is 4.11. The van der Waals surface area contributed by atoms with Crippen molar-refractivity contribution in [3.05, 3.63) is 24.6 Å². The zero-order chi connectivity index (χ0) is 10.6. The predicted octanol–water partition coefficient (Wildman–Crippen LogP) is 2.18. The van der Waals surface area contributed by atoms with E-state index < -0.39 is 0 Å². The SMILES string of the molecule is C=CN(/C=C(/C)[C](O)=[W])C(C)(C)C. The van der Waals surface area contributed by atoms with E-state index in [1.54, 1.807) is 6.20 Å². The van der Waals surface area contributed by atoms with Gasteiger partial charge in [0.05, 0.1) is 0 Å². The van der Waals surface area contributed by atoms with Crippen LogP contribution in [0.3, 0.4) is 0 Å². The molecule has 1 N–H and O–H groups in total. The van der Waals surface area contributed by atoms with Crippen LogP contribution in [0.25, 0.3) is 0 Å². The Bertz CT molecular complexity index is 238. The summed E-state index contributed by atoms with van der Waals surface area (Å²) in [4.78, 5) is 1.99. The van der Waals surface area contributed by atoms with Crippen LogP contribution in [-0.4, -0.2) is 19.6 Å². The maximum atomic E-state index is 9.26. The van der Waals surface area contributed by atoms with Crippen molar-refractivity contribution in [3.8, 4) is 0 Å². The average Bonchev–Trinajstić information content (AvgIpc) is 1.96. The molecular formula is C10H17NOW. The first-order chi connectivity index (χ1) is 5.79. The molecule has 0 aliphatic heterocycles. The molecule has 2 nitrogen and oxygen atoms in total. The summed E-state index contributed by atoms with van der Waals surface area (Å²) >= 11 is 1.08. The van der Waals surface area contributed by atoms with E-state index in [1.807, 2.05) is 18.0 Å². The second-order valence-corrected chi connectivity index (χ2v) is 5.27. The van der Waals surface area contributed by atoms with Crippen LogP contribution < -0.4 is 0 Å². The van der Waals surface area contributed by atoms with Crippen LogP contribution in [0.15, 0.2) is 24.6 Å². The maximum absolute atomic E-state index is 9.26. The van der Waals surface area contributed by atoms with E-state index in [-0.39, 0.29) is 5.54 Å². The molecule has 13 heavy (non-hydrogen) atoms. The van der Waals surface area contributed by atoms with Crippen LogP contribution in [0.2, 0.25) is 0 Å². The number of hydrogen-bond acceptors (Lipinski definition) is 2. The molecule has 0 fully saturated rings. The predicted molar refractivity (Wildman–Crippen MR) is 52.5 cm³/mol. The summed E-state index contributed by atoms with van der Waals surface area (Å²) in [6.45, 7) is 11.9. The van der Waals surface area contributed by atoms with Crippen molar-refractivity contribution in [1.82, 2.24) is 4.90 Å². The molecule has 0 aliphatic carbocycles. The second-order valence-electron chi connectivity index (χ2n) is 3.88. The third-order valence-corrected chi connectivity index (χ3v) is 2.80. The van der Waals surface area contributed by atoms with E-state index in [9.17, 15) is 5.11 Å². The quantitative estimate of drug-likeness (QED) is 0.843. The van der Waals surface area contributed by atoms with Gasteiger partial charge in [-0.3, -0.25) is 0 Å². The van der Waals surface area contributed by atoms with E-state index in [4.69, 9.17) is 0 Å². The number of nitrogens with zero attached hydrogens (tertiary/aromatic N) is 1. The molecule has 0 amide bonds. The Labute approximate surface area is 91.4 Å². The molecule has 0 bridgehead atoms. The third-order valence-electron chi connectivity index (χ3n) is 1.64. The average molecular weight is 351 g/mol. The molecule has 0 aromatic heterocycles. The van der Waals surface area contributed by atoms with Crippen LogP contribution in [0.1, 0.15) is 27.7 Å². The number of aliphatic hydroxyl groups is 1. The Balaban J connectivity index is 4.74. The zero-order valence-corrected chi connectivity index (χ0v) is 11.6. The molecule has 0 spiro atoms. The van der Waals surface area contributed by atoms with Crippen LogP contribution >= 0.6 is 0 Å². The standard InChI is InChI=1S/C10H17NO.W/c1-6-11(10(3,4)5)7-9(2)8-12;/h6-7,12H,1H2,2-5H3;/b9-7-;. The number of hydrogen-bond donors (Lipinski definition) is 1. The van der Waals surface area contributed by atoms with Gasteiger partial charge in [0.15, 0.2) is 0 Å². The van der Waals surface area contributed by atoms with E-state index in [0.29, 0.717) is 4.08 Å². The van der Waals surface area contributed by atoms with Gasteiger partial charge in [-0.25, -0.2) is 0 Å². The van der Waals surface area contributed by atoms with Gasteiger partial charge >= 0.3 is 91.2 Å². The summed E-state index contributed by atoms with van der Waals surface area (Å²) in [7, 11) is 0. The Kier molecular flexibility index (Phi) is 4.80. The Hall–Kier alpha value is -0.202. The fraction of sp³-hybridized carbons (Fsp3) is 0.500. The summed E-state index contributed by atoms with van der Waals surface area (Å²) in [5.41, 5.74) is 0.901. The molecule has 3 heteroatoms. The van der Waals surface area contributed by atoms with Crippen molar-refractivity contribution in [2.75, 3.05) is 0 Å². The van der Waals surface area contributed by atoms with Crippen molar-refractivity contribution in [1.29, 1.82) is 0 Å². The molecular weight excluding hydrogens is 334 g/mol. The van der Waals surface area contributed by atoms with Crippen LogP contribution in [-0.2, 0) is 19.4 Å². The molecule has 0 saturated heterocycles. The summed E-state index contributed by atoms with van der Waals surface area (Å²) in [6, 6.07) is 0. The second kappa shape index (κ2) is 4.88. The third kappa shape index (κ3) is 4.54. The monoisotopic (exact) mass is 351 g/mol. The van der Waals surface area contributed by atoms with Crippen molar-refractivity contribution in [2.24, 2.45) is 0 Å². The van der Waals surface area contributed by atoms with Gasteiger partial charge in [0.2, 0.25) is 0 Å². The Morgan fingerprint density at radius 2 is 1.92 bits per heavy atom. The first kappa shape index (κ1) is 12.8. The van der Waals surface area contributed by atoms with Crippen LogP contribution in [0, 0.1) is 0 Å². The Morgan fingerprint density at radius 3 is 2.15 bits per heavy atom. The van der Waals surface area contributed by atoms with Gasteiger partial charge < -0.3 is 0 Å². The minimum atomic E-state index is 0.00773. The Morgan fingerprint density at radius 1 is 1.46 bits per heavy atom. The van der Waals surface area contributed by atoms with Crippen molar-refractivity contribution < 1.29 is 24.5 Å². The van der Waals surface area contributed by atoms with Gasteiger partial charge in [0.1, 0.15) is 0 Å². The molecule has 0 aromatic carbocycles. The molecule has 0 rings (SSSR count). The van der Waals surface area contributed by atoms with Gasteiger partial charge in [0, 0.05) is 0 Å². The fourth-order valence-corrected chi connectivity index (χ4v) is 0.973. The number of rotatable bonds is 3. The van der Waals surface area contributed by atoms with Crippen LogP contribution in [0.5, 0.6) is 0 Å². The van der Waals surface area contributed by atoms with E-state index in [2.05, 4.69) is 27.4 Å². The fourth-order valence-electron chi connectivity index (χ4n) is 0.784. The van der Waals surface area contributed by atoms with E-state index in [0.717, 1.165) is 24.9 Å². The van der Waals surface area contributed by atoms with Crippen LogP contribution in [0.4, 0.5) is 0 Å². The summed E-state index contributed by atoms with van der Waals surface area (Å²) < 4.78 is 0.427. The van der Waals surface area contributed by atoms with Crippen molar-refractivity contribution >= 4 is 4.08 Å². The summed E-state index contributed by atoms with van der Waals surface area (Å²) in [6.07, 6.45) is 3.68. The molecule has 0 atom stereocenters. The van der Waals surface area contributed by atoms with Gasteiger partial charge in [-0.2, -0.15) is 0 Å². The van der Waals surface area contributed by atoms with Gasteiger partial charge in [-0.1, -0.05) is 0 Å². The molecule has 0 saturated carbocycles. The molecule has 74 valence electrons. The van der Waals surface area contributed by atoms with Gasteiger partial charge in [-0.05, 0) is 0 Å². The van der Waals surface area contributed by atoms with E-state index >= 15 is 0 Å². The van der Waals surface area contributed by atoms with Gasteiger partial charge in [0.25, 0.3) is 0 Å². The molecule has 0 aromatic rings. The normalized spacial score (nSPS) is 12.5. The van der Waals surface area contributed by atoms with Crippen molar-refractivity contribution in [3.63, 3.8) is 0 Å². The first-order valence-corrected chi connectivity index (χ1v) is 5.58. The van der Waals surface area contributed by atoms with Gasteiger partial charge in [-0.15, -0.1) is 0 Å². The molecule has 0 unspecified atom stereocenters. The van der Waals surface area contributed by atoms with E-state index in [1.165, 1.54) is 0 Å².